The quantitative estimate of drug-likeness (QED) is 0.848. The zero-order valence-corrected chi connectivity index (χ0v) is 9.87. The maximum atomic E-state index is 6.36. The summed E-state index contributed by atoms with van der Waals surface area (Å²) in [6.07, 6.45) is 7.67. The van der Waals surface area contributed by atoms with E-state index in [1.165, 1.54) is 11.3 Å². The minimum Gasteiger partial charge on any atom is -0.336 e. The number of imidazole rings is 1. The molecule has 88 valence electrons. The number of pyridine rings is 1. The molecule has 0 saturated carbocycles. The Morgan fingerprint density at radius 2 is 2.41 bits per heavy atom. The molecule has 4 heteroatoms. The van der Waals surface area contributed by atoms with Gasteiger partial charge in [-0.25, -0.2) is 4.98 Å². The predicted octanol–water partition coefficient (Wildman–Crippen LogP) is 1.54. The van der Waals surface area contributed by atoms with Crippen LogP contribution in [0.5, 0.6) is 0 Å². The summed E-state index contributed by atoms with van der Waals surface area (Å²) in [6, 6.07) is 4.13. The minimum atomic E-state index is -0.0151. The Bertz CT molecular complexity index is 532. The van der Waals surface area contributed by atoms with Crippen LogP contribution in [-0.2, 0) is 13.5 Å². The summed E-state index contributed by atoms with van der Waals surface area (Å²) in [6.45, 7) is 0. The number of aryl methyl sites for hydroxylation is 2. The maximum absolute atomic E-state index is 6.36. The van der Waals surface area contributed by atoms with Gasteiger partial charge in [-0.3, -0.25) is 4.98 Å². The first-order valence-electron chi connectivity index (χ1n) is 5.93. The third kappa shape index (κ3) is 1.65. The molecule has 2 atom stereocenters. The molecule has 0 fully saturated rings. The second-order valence-corrected chi connectivity index (χ2v) is 4.65. The molecule has 2 heterocycles. The largest absolute Gasteiger partial charge is 0.336 e. The van der Waals surface area contributed by atoms with Gasteiger partial charge in [0.2, 0.25) is 0 Å². The van der Waals surface area contributed by atoms with E-state index in [2.05, 4.69) is 16.0 Å². The summed E-state index contributed by atoms with van der Waals surface area (Å²) in [5, 5.41) is 0. The van der Waals surface area contributed by atoms with Gasteiger partial charge in [0.05, 0.1) is 18.1 Å². The number of fused-ring (bicyclic) bond motifs is 1. The monoisotopic (exact) mass is 228 g/mol. The van der Waals surface area contributed by atoms with Crippen LogP contribution in [0.2, 0.25) is 0 Å². The summed E-state index contributed by atoms with van der Waals surface area (Å²) in [7, 11) is 1.98. The fourth-order valence-corrected chi connectivity index (χ4v) is 2.69. The van der Waals surface area contributed by atoms with E-state index in [1.807, 2.05) is 30.1 Å². The Balaban J connectivity index is 1.95. The summed E-state index contributed by atoms with van der Waals surface area (Å²) in [5.74, 6) is 0.321. The molecule has 17 heavy (non-hydrogen) atoms. The molecule has 0 amide bonds. The van der Waals surface area contributed by atoms with Gasteiger partial charge in [0, 0.05) is 31.1 Å². The molecule has 1 aliphatic carbocycles. The maximum Gasteiger partial charge on any atom is 0.0946 e. The number of aromatic nitrogens is 3. The first kappa shape index (κ1) is 10.5. The second kappa shape index (κ2) is 3.96. The molecule has 0 aromatic carbocycles. The molecule has 3 rings (SSSR count). The van der Waals surface area contributed by atoms with E-state index in [0.29, 0.717) is 5.92 Å². The molecular formula is C13H16N4. The molecule has 2 aromatic rings. The van der Waals surface area contributed by atoms with Crippen molar-refractivity contribution in [3.05, 3.63) is 47.8 Å². The van der Waals surface area contributed by atoms with Crippen LogP contribution in [-0.4, -0.2) is 14.5 Å². The molecule has 4 nitrogen and oxygen atoms in total. The van der Waals surface area contributed by atoms with Crippen molar-refractivity contribution in [1.29, 1.82) is 0 Å². The number of nitrogens with zero attached hydrogens (tertiary/aromatic N) is 3. The van der Waals surface area contributed by atoms with Gasteiger partial charge >= 0.3 is 0 Å². The first-order chi connectivity index (χ1) is 8.27. The van der Waals surface area contributed by atoms with Gasteiger partial charge in [-0.2, -0.15) is 0 Å². The van der Waals surface area contributed by atoms with Crippen LogP contribution < -0.4 is 5.73 Å². The van der Waals surface area contributed by atoms with Crippen LogP contribution in [0.4, 0.5) is 0 Å². The highest BCUT2D eigenvalue weighted by Crippen LogP contribution is 2.38. The van der Waals surface area contributed by atoms with Gasteiger partial charge in [-0.1, -0.05) is 6.07 Å². The Morgan fingerprint density at radius 1 is 1.53 bits per heavy atom. The van der Waals surface area contributed by atoms with Crippen LogP contribution in [0.25, 0.3) is 0 Å². The van der Waals surface area contributed by atoms with E-state index in [1.54, 1.807) is 6.33 Å². The van der Waals surface area contributed by atoms with E-state index in [0.717, 1.165) is 18.5 Å². The third-order valence-electron chi connectivity index (χ3n) is 3.63. The van der Waals surface area contributed by atoms with Crippen LogP contribution >= 0.6 is 0 Å². The highest BCUT2D eigenvalue weighted by atomic mass is 15.0. The average Bonchev–Trinajstić information content (AvgIpc) is 2.94. The Kier molecular flexibility index (Phi) is 2.44. The fourth-order valence-electron chi connectivity index (χ4n) is 2.69. The minimum absolute atomic E-state index is 0.0151. The molecule has 0 radical (unpaired) electrons. The SMILES string of the molecule is Cn1cncc1C(N)C1CCc2cccnc21. The molecule has 2 aromatic heterocycles. The van der Waals surface area contributed by atoms with Crippen molar-refractivity contribution in [1.82, 2.24) is 14.5 Å². The lowest BCUT2D eigenvalue weighted by atomic mass is 9.95. The lowest BCUT2D eigenvalue weighted by molar-refractivity contribution is 0.516. The topological polar surface area (TPSA) is 56.7 Å². The summed E-state index contributed by atoms with van der Waals surface area (Å²) in [5.41, 5.74) is 9.95. The second-order valence-electron chi connectivity index (χ2n) is 4.65. The summed E-state index contributed by atoms with van der Waals surface area (Å²) < 4.78 is 1.99. The van der Waals surface area contributed by atoms with Crippen LogP contribution in [0.1, 0.15) is 35.3 Å². The molecule has 1 aliphatic rings. The highest BCUT2D eigenvalue weighted by Gasteiger charge is 2.30. The predicted molar refractivity (Wildman–Crippen MR) is 65.4 cm³/mol. The normalized spacial score (nSPS) is 20.2. The highest BCUT2D eigenvalue weighted by molar-refractivity contribution is 5.31. The third-order valence-corrected chi connectivity index (χ3v) is 3.63. The van der Waals surface area contributed by atoms with Crippen molar-refractivity contribution in [3.8, 4) is 0 Å². The van der Waals surface area contributed by atoms with Gasteiger partial charge < -0.3 is 10.3 Å². The molecule has 0 bridgehead atoms. The van der Waals surface area contributed by atoms with Crippen LogP contribution in [0.3, 0.4) is 0 Å². The van der Waals surface area contributed by atoms with Crippen LogP contribution in [0.15, 0.2) is 30.9 Å². The van der Waals surface area contributed by atoms with Crippen molar-refractivity contribution in [2.75, 3.05) is 0 Å². The zero-order chi connectivity index (χ0) is 11.8. The van der Waals surface area contributed by atoms with Gasteiger partial charge in [0.15, 0.2) is 0 Å². The zero-order valence-electron chi connectivity index (χ0n) is 9.87. The van der Waals surface area contributed by atoms with Crippen molar-refractivity contribution in [2.24, 2.45) is 12.8 Å². The number of hydrogen-bond acceptors (Lipinski definition) is 3. The van der Waals surface area contributed by atoms with Crippen molar-refractivity contribution < 1.29 is 0 Å². The van der Waals surface area contributed by atoms with Crippen molar-refractivity contribution in [2.45, 2.75) is 24.8 Å². The standard InChI is InChI=1S/C13H16N4/c1-17-8-15-7-11(17)12(14)10-5-4-9-3-2-6-16-13(9)10/h2-3,6-8,10,12H,4-5,14H2,1H3. The van der Waals surface area contributed by atoms with E-state index in [9.17, 15) is 0 Å². The molecule has 2 N–H and O–H groups in total. The van der Waals surface area contributed by atoms with Crippen LogP contribution in [0, 0.1) is 0 Å². The first-order valence-corrected chi connectivity index (χ1v) is 5.93. The lowest BCUT2D eigenvalue weighted by Crippen LogP contribution is -2.21. The fraction of sp³-hybridized carbons (Fsp3) is 0.385. The summed E-state index contributed by atoms with van der Waals surface area (Å²) in [4.78, 5) is 8.62. The Labute approximate surface area is 101 Å². The van der Waals surface area contributed by atoms with E-state index in [4.69, 9.17) is 5.73 Å². The lowest BCUT2D eigenvalue weighted by Gasteiger charge is -2.19. The number of hydrogen-bond donors (Lipinski definition) is 1. The van der Waals surface area contributed by atoms with Crippen molar-refractivity contribution >= 4 is 0 Å². The molecular weight excluding hydrogens is 212 g/mol. The molecule has 0 saturated heterocycles. The average molecular weight is 228 g/mol. The van der Waals surface area contributed by atoms with Gasteiger partial charge in [-0.05, 0) is 24.5 Å². The van der Waals surface area contributed by atoms with E-state index >= 15 is 0 Å². The number of rotatable bonds is 2. The van der Waals surface area contributed by atoms with Gasteiger partial charge in [0.1, 0.15) is 0 Å². The molecule has 0 aliphatic heterocycles. The van der Waals surface area contributed by atoms with E-state index in [-0.39, 0.29) is 6.04 Å². The molecule has 2 unspecified atom stereocenters. The molecule has 0 spiro atoms. The van der Waals surface area contributed by atoms with Gasteiger partial charge in [-0.15, -0.1) is 0 Å². The van der Waals surface area contributed by atoms with Crippen molar-refractivity contribution in [3.63, 3.8) is 0 Å². The Morgan fingerprint density at radius 3 is 3.18 bits per heavy atom. The number of nitrogens with two attached hydrogens (primary N) is 1. The smallest absolute Gasteiger partial charge is 0.0946 e. The van der Waals surface area contributed by atoms with Gasteiger partial charge in [0.25, 0.3) is 0 Å². The van der Waals surface area contributed by atoms with E-state index < -0.39 is 0 Å². The summed E-state index contributed by atoms with van der Waals surface area (Å²) >= 11 is 0. The Hall–Kier alpha value is -1.68.